The minimum Gasteiger partial charge on any atom is -0.474 e. The fraction of sp³-hybridized carbons (Fsp3) is 0.409. The number of aromatic nitrogens is 2. The maximum atomic E-state index is 6.40. The number of ether oxygens (including phenoxy) is 1. The van der Waals surface area contributed by atoms with Gasteiger partial charge in [-0.05, 0) is 54.0 Å². The average Bonchev–Trinajstić information content (AvgIpc) is 3.12. The zero-order chi connectivity index (χ0) is 17.1. The number of fused-ring (bicyclic) bond motifs is 1. The highest BCUT2D eigenvalue weighted by molar-refractivity contribution is 5.84. The molecule has 3 aliphatic heterocycles. The van der Waals surface area contributed by atoms with Crippen molar-refractivity contribution in [3.63, 3.8) is 0 Å². The number of hydrogen-bond donors (Lipinski definition) is 1. The van der Waals surface area contributed by atoms with E-state index in [2.05, 4.69) is 45.2 Å². The molecular formula is C22H23N3O. The van der Waals surface area contributed by atoms with Crippen molar-refractivity contribution in [1.29, 1.82) is 0 Å². The average molecular weight is 345 g/mol. The smallest absolute Gasteiger partial charge is 0.213 e. The van der Waals surface area contributed by atoms with Gasteiger partial charge >= 0.3 is 0 Å². The van der Waals surface area contributed by atoms with E-state index in [0.29, 0.717) is 17.9 Å². The van der Waals surface area contributed by atoms with Gasteiger partial charge in [0.15, 0.2) is 0 Å². The fourth-order valence-corrected chi connectivity index (χ4v) is 5.55. The molecule has 4 bridgehead atoms. The highest BCUT2D eigenvalue weighted by Crippen LogP contribution is 2.44. The Balaban J connectivity index is 1.23. The third-order valence-electron chi connectivity index (χ3n) is 6.58. The van der Waals surface area contributed by atoms with Crippen LogP contribution in [0.2, 0.25) is 0 Å². The van der Waals surface area contributed by atoms with E-state index >= 15 is 0 Å². The molecule has 4 heteroatoms. The maximum Gasteiger partial charge on any atom is 0.213 e. The van der Waals surface area contributed by atoms with E-state index in [1.165, 1.54) is 48.9 Å². The Hall–Kier alpha value is -2.33. The Morgan fingerprint density at radius 3 is 2.58 bits per heavy atom. The zero-order valence-corrected chi connectivity index (χ0v) is 14.8. The van der Waals surface area contributed by atoms with E-state index in [1.807, 2.05) is 18.5 Å². The summed E-state index contributed by atoms with van der Waals surface area (Å²) < 4.78 is 6.40. The van der Waals surface area contributed by atoms with Crippen LogP contribution in [0.5, 0.6) is 5.88 Å². The summed E-state index contributed by atoms with van der Waals surface area (Å²) in [5, 5.41) is 1.23. The van der Waals surface area contributed by atoms with Crippen molar-refractivity contribution in [2.45, 2.75) is 18.9 Å². The van der Waals surface area contributed by atoms with Gasteiger partial charge in [0.05, 0.1) is 0 Å². The molecule has 4 nitrogen and oxygen atoms in total. The summed E-state index contributed by atoms with van der Waals surface area (Å²) in [5.74, 6) is 3.08. The minimum atomic E-state index is 0.359. The first-order valence-corrected chi connectivity index (χ1v) is 9.74. The van der Waals surface area contributed by atoms with Crippen molar-refractivity contribution in [3.05, 3.63) is 48.8 Å². The second-order valence-corrected chi connectivity index (χ2v) is 8.32. The van der Waals surface area contributed by atoms with Crippen LogP contribution in [0.3, 0.4) is 0 Å². The van der Waals surface area contributed by atoms with Crippen LogP contribution in [0.25, 0.3) is 22.0 Å². The van der Waals surface area contributed by atoms with Crippen molar-refractivity contribution in [3.8, 4) is 17.0 Å². The van der Waals surface area contributed by atoms with Crippen LogP contribution in [0.4, 0.5) is 0 Å². The van der Waals surface area contributed by atoms with Gasteiger partial charge in [-0.25, -0.2) is 4.98 Å². The van der Waals surface area contributed by atoms with Crippen LogP contribution < -0.4 is 4.74 Å². The number of H-pyrrole nitrogens is 1. The molecule has 2 atom stereocenters. The first-order chi connectivity index (χ1) is 12.8. The van der Waals surface area contributed by atoms with E-state index in [4.69, 9.17) is 4.74 Å². The van der Waals surface area contributed by atoms with Gasteiger partial charge in [-0.1, -0.05) is 6.07 Å². The molecule has 0 spiro atoms. The molecule has 1 aliphatic carbocycles. The number of nitrogens with zero attached hydrogens (tertiary/aromatic N) is 2. The Bertz CT molecular complexity index is 917. The monoisotopic (exact) mass is 345 g/mol. The van der Waals surface area contributed by atoms with Crippen LogP contribution in [-0.4, -0.2) is 40.6 Å². The van der Waals surface area contributed by atoms with Crippen molar-refractivity contribution in [2.75, 3.05) is 19.6 Å². The van der Waals surface area contributed by atoms with Gasteiger partial charge in [0.1, 0.15) is 6.10 Å². The number of hydrogen-bond acceptors (Lipinski definition) is 3. The van der Waals surface area contributed by atoms with Gasteiger partial charge in [-0.15, -0.1) is 0 Å². The predicted molar refractivity (Wildman–Crippen MR) is 102 cm³/mol. The minimum absolute atomic E-state index is 0.359. The van der Waals surface area contributed by atoms with E-state index in [0.717, 1.165) is 17.4 Å². The normalized spacial score (nSPS) is 32.2. The highest BCUT2D eigenvalue weighted by atomic mass is 16.5. The lowest BCUT2D eigenvalue weighted by atomic mass is 9.66. The SMILES string of the molecule is c1cc2cc(-c3ccc(OC4C5CC6CC4CN(C6)C5)nc3)ccc2[nH]1. The van der Waals surface area contributed by atoms with E-state index in [9.17, 15) is 0 Å². The second kappa shape index (κ2) is 5.58. The van der Waals surface area contributed by atoms with Crippen molar-refractivity contribution in [2.24, 2.45) is 17.8 Å². The first kappa shape index (κ1) is 14.8. The molecule has 1 aromatic carbocycles. The third-order valence-corrected chi connectivity index (χ3v) is 6.58. The fourth-order valence-electron chi connectivity index (χ4n) is 5.55. The molecule has 1 N–H and O–H groups in total. The lowest BCUT2D eigenvalue weighted by Crippen LogP contribution is -2.61. The van der Waals surface area contributed by atoms with Crippen LogP contribution in [0.15, 0.2) is 48.8 Å². The predicted octanol–water partition coefficient (Wildman–Crippen LogP) is 3.95. The van der Waals surface area contributed by atoms with Crippen molar-refractivity contribution in [1.82, 2.24) is 14.9 Å². The van der Waals surface area contributed by atoms with E-state index in [-0.39, 0.29) is 0 Å². The Morgan fingerprint density at radius 1 is 0.962 bits per heavy atom. The van der Waals surface area contributed by atoms with Gasteiger partial charge in [-0.3, -0.25) is 0 Å². The van der Waals surface area contributed by atoms with E-state index in [1.54, 1.807) is 0 Å². The Morgan fingerprint density at radius 2 is 1.81 bits per heavy atom. The number of benzene rings is 1. The molecule has 7 rings (SSSR count). The Labute approximate surface area is 153 Å². The summed E-state index contributed by atoms with van der Waals surface area (Å²) in [4.78, 5) is 10.5. The molecule has 3 saturated heterocycles. The van der Waals surface area contributed by atoms with Gasteiger partial charge in [0.2, 0.25) is 5.88 Å². The van der Waals surface area contributed by atoms with Crippen molar-refractivity contribution < 1.29 is 4.74 Å². The molecule has 2 aromatic heterocycles. The number of aromatic amines is 1. The lowest BCUT2D eigenvalue weighted by Gasteiger charge is -2.55. The van der Waals surface area contributed by atoms with Gasteiger partial charge in [-0.2, -0.15) is 0 Å². The zero-order valence-electron chi connectivity index (χ0n) is 14.8. The maximum absolute atomic E-state index is 6.40. The topological polar surface area (TPSA) is 41.1 Å². The third kappa shape index (κ3) is 2.36. The van der Waals surface area contributed by atoms with Gasteiger partial charge < -0.3 is 14.6 Å². The van der Waals surface area contributed by atoms with Crippen LogP contribution >= 0.6 is 0 Å². The summed E-state index contributed by atoms with van der Waals surface area (Å²) >= 11 is 0. The standard InChI is InChI=1S/C22H23N3O/c1-3-20-16(5-6-23-20)9-15(1)17-2-4-21(24-10-17)26-22-18-7-14-8-19(22)13-25(11-14)12-18/h1-6,9-10,14,18-19,22-23H,7-8,11-13H2. The molecule has 0 radical (unpaired) electrons. The number of nitrogens with one attached hydrogen (secondary N) is 1. The summed E-state index contributed by atoms with van der Waals surface area (Å²) in [7, 11) is 0. The van der Waals surface area contributed by atoms with Gasteiger partial charge in [0.25, 0.3) is 0 Å². The van der Waals surface area contributed by atoms with Gasteiger partial charge in [0, 0.05) is 61.0 Å². The molecular weight excluding hydrogens is 322 g/mol. The molecule has 1 saturated carbocycles. The molecule has 2 unspecified atom stereocenters. The van der Waals surface area contributed by atoms with Crippen molar-refractivity contribution >= 4 is 10.9 Å². The van der Waals surface area contributed by atoms with E-state index < -0.39 is 0 Å². The molecule has 4 fully saturated rings. The quantitative estimate of drug-likeness (QED) is 0.781. The summed E-state index contributed by atoms with van der Waals surface area (Å²) in [6.07, 6.45) is 6.96. The second-order valence-electron chi connectivity index (χ2n) is 8.32. The lowest BCUT2D eigenvalue weighted by molar-refractivity contribution is -0.0997. The molecule has 132 valence electrons. The first-order valence-electron chi connectivity index (χ1n) is 9.74. The molecule has 4 aliphatic rings. The Kier molecular flexibility index (Phi) is 3.18. The van der Waals surface area contributed by atoms with Crippen LogP contribution in [0, 0.1) is 17.8 Å². The molecule has 26 heavy (non-hydrogen) atoms. The summed E-state index contributed by atoms with van der Waals surface area (Å²) in [6, 6.07) is 12.8. The highest BCUT2D eigenvalue weighted by Gasteiger charge is 2.48. The summed E-state index contributed by atoms with van der Waals surface area (Å²) in [6.45, 7) is 3.75. The molecule has 5 heterocycles. The van der Waals surface area contributed by atoms with Crippen LogP contribution in [-0.2, 0) is 0 Å². The molecule has 3 aromatic rings. The number of rotatable bonds is 3. The molecule has 0 amide bonds. The number of piperidine rings is 3. The summed E-state index contributed by atoms with van der Waals surface area (Å²) in [5.41, 5.74) is 3.49. The number of pyridine rings is 1. The van der Waals surface area contributed by atoms with Crippen LogP contribution in [0.1, 0.15) is 12.8 Å². The largest absolute Gasteiger partial charge is 0.474 e.